The van der Waals surface area contributed by atoms with E-state index in [1.165, 1.54) is 12.1 Å². The van der Waals surface area contributed by atoms with Crippen molar-refractivity contribution < 1.29 is 18.5 Å². The van der Waals surface area contributed by atoms with Gasteiger partial charge in [0.15, 0.2) is 5.82 Å². The Morgan fingerprint density at radius 1 is 1.41 bits per heavy atom. The van der Waals surface area contributed by atoms with Gasteiger partial charge in [0.2, 0.25) is 11.2 Å². The van der Waals surface area contributed by atoms with Crippen molar-refractivity contribution in [3.63, 3.8) is 0 Å². The van der Waals surface area contributed by atoms with E-state index in [4.69, 9.17) is 0 Å². The van der Waals surface area contributed by atoms with Gasteiger partial charge in [-0.3, -0.25) is 18.5 Å². The van der Waals surface area contributed by atoms with Crippen LogP contribution >= 0.6 is 0 Å². The second kappa shape index (κ2) is 5.09. The Morgan fingerprint density at radius 2 is 2.14 bits per heavy atom. The van der Waals surface area contributed by atoms with Crippen LogP contribution < -0.4 is 9.03 Å². The molecule has 0 radical (unpaired) electrons. The topological polar surface area (TPSA) is 87.5 Å². The molecule has 3 rings (SSSR count). The van der Waals surface area contributed by atoms with Crippen molar-refractivity contribution in [3.8, 4) is 16.9 Å². The molecule has 1 saturated heterocycles. The van der Waals surface area contributed by atoms with Gasteiger partial charge in [-0.15, -0.1) is 0 Å². The van der Waals surface area contributed by atoms with E-state index in [2.05, 4.69) is 9.82 Å². The summed E-state index contributed by atoms with van der Waals surface area (Å²) in [7, 11) is 1.72. The fraction of sp³-hybridized carbons (Fsp3) is 0.231. The van der Waals surface area contributed by atoms with Crippen LogP contribution in [0.25, 0.3) is 11.1 Å². The SMILES string of the molecule is Cc1nn(C)cc1-c1ccc(O)c(N2CC(=O)NS2=O)c1F. The Balaban J connectivity index is 2.16. The van der Waals surface area contributed by atoms with Gasteiger partial charge in [-0.05, 0) is 19.1 Å². The van der Waals surface area contributed by atoms with Gasteiger partial charge < -0.3 is 5.11 Å². The quantitative estimate of drug-likeness (QED) is 0.853. The molecule has 1 atom stereocenters. The van der Waals surface area contributed by atoms with Gasteiger partial charge in [-0.25, -0.2) is 8.60 Å². The Hall–Kier alpha value is -2.42. The average molecular weight is 324 g/mol. The maximum atomic E-state index is 14.8. The molecule has 1 fully saturated rings. The van der Waals surface area contributed by atoms with Crippen LogP contribution in [0.15, 0.2) is 18.3 Å². The van der Waals surface area contributed by atoms with Crippen molar-refractivity contribution in [2.75, 3.05) is 10.8 Å². The van der Waals surface area contributed by atoms with Crippen LogP contribution in [0.5, 0.6) is 5.75 Å². The summed E-state index contributed by atoms with van der Waals surface area (Å²) in [6.07, 6.45) is 1.65. The minimum Gasteiger partial charge on any atom is -0.506 e. The van der Waals surface area contributed by atoms with Crippen LogP contribution in [0.2, 0.25) is 0 Å². The van der Waals surface area contributed by atoms with E-state index in [9.17, 15) is 18.5 Å². The molecule has 7 nitrogen and oxygen atoms in total. The highest BCUT2D eigenvalue weighted by Crippen LogP contribution is 2.38. The number of rotatable bonds is 2. The Kier molecular flexibility index (Phi) is 3.36. The smallest absolute Gasteiger partial charge is 0.253 e. The van der Waals surface area contributed by atoms with Crippen molar-refractivity contribution in [3.05, 3.63) is 29.8 Å². The summed E-state index contributed by atoms with van der Waals surface area (Å²) in [6, 6.07) is 2.73. The van der Waals surface area contributed by atoms with E-state index in [0.29, 0.717) is 11.3 Å². The lowest BCUT2D eigenvalue weighted by Crippen LogP contribution is -2.23. The zero-order valence-electron chi connectivity index (χ0n) is 11.8. The molecule has 2 aromatic rings. The van der Waals surface area contributed by atoms with E-state index in [0.717, 1.165) is 4.31 Å². The third-order valence-corrected chi connectivity index (χ3v) is 4.45. The maximum Gasteiger partial charge on any atom is 0.253 e. The standard InChI is InChI=1S/C13H13FN4O3S/c1-7-9(5-17(2)15-7)8-3-4-10(19)13(12(8)14)18-6-11(20)16-22(18)21/h3-5,19H,6H2,1-2H3,(H,16,20). The molecule has 0 bridgehead atoms. The maximum absolute atomic E-state index is 14.8. The second-order valence-electron chi connectivity index (χ2n) is 4.91. The van der Waals surface area contributed by atoms with Crippen LogP contribution in [0.4, 0.5) is 10.1 Å². The van der Waals surface area contributed by atoms with Crippen molar-refractivity contribution >= 4 is 22.8 Å². The minimum atomic E-state index is -1.91. The van der Waals surface area contributed by atoms with Crippen LogP contribution in [0.1, 0.15) is 5.69 Å². The molecule has 1 amide bonds. The number of anilines is 1. The van der Waals surface area contributed by atoms with Crippen molar-refractivity contribution in [1.29, 1.82) is 0 Å². The number of hydrogen-bond acceptors (Lipinski definition) is 4. The summed E-state index contributed by atoms with van der Waals surface area (Å²) in [5.41, 5.74) is 1.13. The zero-order valence-corrected chi connectivity index (χ0v) is 12.6. The van der Waals surface area contributed by atoms with Crippen molar-refractivity contribution in [2.24, 2.45) is 7.05 Å². The molecule has 1 unspecified atom stereocenters. The summed E-state index contributed by atoms with van der Waals surface area (Å²) < 4.78 is 31.4. The van der Waals surface area contributed by atoms with Gasteiger partial charge in [0.25, 0.3) is 5.91 Å². The number of phenolic OH excluding ortho intramolecular Hbond substituents is 1. The first kappa shape index (κ1) is 14.5. The van der Waals surface area contributed by atoms with Gasteiger partial charge >= 0.3 is 0 Å². The second-order valence-corrected chi connectivity index (χ2v) is 6.05. The Labute approximate surface area is 128 Å². The molecule has 22 heavy (non-hydrogen) atoms. The highest BCUT2D eigenvalue weighted by molar-refractivity contribution is 7.85. The van der Waals surface area contributed by atoms with Gasteiger partial charge in [-0.1, -0.05) is 0 Å². The molecule has 0 saturated carbocycles. The predicted octanol–water partition coefficient (Wildman–Crippen LogP) is 0.755. The zero-order chi connectivity index (χ0) is 16.0. The minimum absolute atomic E-state index is 0.217. The summed E-state index contributed by atoms with van der Waals surface area (Å²) >= 11 is -1.91. The first-order valence-electron chi connectivity index (χ1n) is 6.39. The van der Waals surface area contributed by atoms with Gasteiger partial charge in [0.1, 0.15) is 18.0 Å². The van der Waals surface area contributed by atoms with E-state index in [-0.39, 0.29) is 23.5 Å². The number of carbonyl (C=O) groups excluding carboxylic acids is 1. The fourth-order valence-corrected chi connectivity index (χ4v) is 3.34. The van der Waals surface area contributed by atoms with Gasteiger partial charge in [-0.2, -0.15) is 5.10 Å². The molecule has 0 spiro atoms. The molecular formula is C13H13FN4O3S. The van der Waals surface area contributed by atoms with Crippen LogP contribution in [0, 0.1) is 12.7 Å². The van der Waals surface area contributed by atoms with E-state index < -0.39 is 22.9 Å². The number of hydrogen-bond donors (Lipinski definition) is 2. The predicted molar refractivity (Wildman–Crippen MR) is 78.6 cm³/mol. The van der Waals surface area contributed by atoms with Crippen molar-refractivity contribution in [2.45, 2.75) is 6.92 Å². The Morgan fingerprint density at radius 3 is 2.68 bits per heavy atom. The lowest BCUT2D eigenvalue weighted by molar-refractivity contribution is -0.117. The number of aryl methyl sites for hydroxylation is 2. The van der Waals surface area contributed by atoms with E-state index in [1.54, 1.807) is 24.9 Å². The molecular weight excluding hydrogens is 311 g/mol. The van der Waals surface area contributed by atoms with Crippen LogP contribution in [-0.4, -0.2) is 31.5 Å². The highest BCUT2D eigenvalue weighted by Gasteiger charge is 2.32. The number of halogens is 1. The highest BCUT2D eigenvalue weighted by atomic mass is 32.2. The number of aromatic nitrogens is 2. The normalized spacial score (nSPS) is 17.9. The first-order valence-corrected chi connectivity index (χ1v) is 7.50. The summed E-state index contributed by atoms with van der Waals surface area (Å²) in [4.78, 5) is 11.3. The summed E-state index contributed by atoms with van der Waals surface area (Å²) in [5.74, 6) is -1.63. The molecule has 0 aliphatic carbocycles. The monoisotopic (exact) mass is 324 g/mol. The molecule has 1 aliphatic rings. The number of benzene rings is 1. The molecule has 2 heterocycles. The lowest BCUT2D eigenvalue weighted by Gasteiger charge is -2.17. The fourth-order valence-electron chi connectivity index (χ4n) is 2.40. The number of nitrogens with one attached hydrogen (secondary N) is 1. The number of carbonyl (C=O) groups is 1. The van der Waals surface area contributed by atoms with Crippen LogP contribution in [0.3, 0.4) is 0 Å². The summed E-state index contributed by atoms with van der Waals surface area (Å²) in [5, 5.41) is 14.1. The van der Waals surface area contributed by atoms with Gasteiger partial charge in [0.05, 0.1) is 5.69 Å². The van der Waals surface area contributed by atoms with E-state index in [1.807, 2.05) is 0 Å². The van der Waals surface area contributed by atoms with E-state index >= 15 is 0 Å². The summed E-state index contributed by atoms with van der Waals surface area (Å²) in [6.45, 7) is 1.45. The number of amides is 1. The average Bonchev–Trinajstić information content (AvgIpc) is 2.92. The van der Waals surface area contributed by atoms with Crippen molar-refractivity contribution in [1.82, 2.24) is 14.5 Å². The number of nitrogens with zero attached hydrogens (tertiary/aromatic N) is 3. The van der Waals surface area contributed by atoms with Crippen LogP contribution in [-0.2, 0) is 23.0 Å². The van der Waals surface area contributed by atoms with Gasteiger partial charge in [0, 0.05) is 24.4 Å². The molecule has 1 aromatic carbocycles. The largest absolute Gasteiger partial charge is 0.506 e. The third kappa shape index (κ3) is 2.23. The Bertz CT molecular complexity index is 805. The molecule has 1 aliphatic heterocycles. The molecule has 9 heteroatoms. The molecule has 116 valence electrons. The lowest BCUT2D eigenvalue weighted by atomic mass is 10.0. The number of aromatic hydroxyl groups is 1. The molecule has 2 N–H and O–H groups in total. The third-order valence-electron chi connectivity index (χ3n) is 3.34. The first-order chi connectivity index (χ1) is 10.4. The number of phenols is 1. The molecule has 1 aromatic heterocycles.